The number of hydrogen-bond donors (Lipinski definition) is 2. The fourth-order valence-corrected chi connectivity index (χ4v) is 1.72. The van der Waals surface area contributed by atoms with Crippen LogP contribution in [-0.4, -0.2) is 21.2 Å². The van der Waals surface area contributed by atoms with Crippen LogP contribution in [0.2, 0.25) is 0 Å². The first-order valence-electron chi connectivity index (χ1n) is 5.92. The number of anilines is 2. The summed E-state index contributed by atoms with van der Waals surface area (Å²) in [5.41, 5.74) is 6.85. The van der Waals surface area contributed by atoms with E-state index in [2.05, 4.69) is 10.4 Å². The number of hydrogen-bond acceptors (Lipinski definition) is 5. The Kier molecular flexibility index (Phi) is 3.97. The molecule has 3 N–H and O–H groups in total. The Morgan fingerprint density at radius 3 is 2.95 bits per heavy atom. The van der Waals surface area contributed by atoms with Crippen LogP contribution in [0, 0.1) is 10.1 Å². The Balaban J connectivity index is 1.84. The number of aryl methyl sites for hydroxylation is 1. The Bertz CT molecular complexity index is 553. The number of nitrogens with two attached hydrogens (primary N) is 1. The zero-order chi connectivity index (χ0) is 13.7. The summed E-state index contributed by atoms with van der Waals surface area (Å²) in [4.78, 5) is 10.1. The van der Waals surface area contributed by atoms with E-state index in [-0.39, 0.29) is 5.69 Å². The highest BCUT2D eigenvalue weighted by molar-refractivity contribution is 5.69. The van der Waals surface area contributed by atoms with Crippen molar-refractivity contribution in [2.45, 2.75) is 13.0 Å². The quantitative estimate of drug-likeness (QED) is 0.358. The maximum atomic E-state index is 10.6. The van der Waals surface area contributed by atoms with E-state index in [1.54, 1.807) is 12.3 Å². The summed E-state index contributed by atoms with van der Waals surface area (Å²) >= 11 is 0. The van der Waals surface area contributed by atoms with Crippen LogP contribution in [0.5, 0.6) is 0 Å². The van der Waals surface area contributed by atoms with Crippen molar-refractivity contribution >= 4 is 17.1 Å². The smallest absolute Gasteiger partial charge is 0.271 e. The van der Waals surface area contributed by atoms with Gasteiger partial charge in [0.2, 0.25) is 0 Å². The van der Waals surface area contributed by atoms with Crippen molar-refractivity contribution < 1.29 is 4.92 Å². The topological polar surface area (TPSA) is 99.0 Å². The molecule has 0 aliphatic heterocycles. The molecule has 0 radical (unpaired) electrons. The molecule has 0 amide bonds. The van der Waals surface area contributed by atoms with Crippen molar-refractivity contribution in [1.82, 2.24) is 9.78 Å². The molecule has 1 aromatic carbocycles. The predicted molar refractivity (Wildman–Crippen MR) is 72.8 cm³/mol. The van der Waals surface area contributed by atoms with Crippen molar-refractivity contribution in [1.29, 1.82) is 0 Å². The maximum absolute atomic E-state index is 10.6. The summed E-state index contributed by atoms with van der Waals surface area (Å²) in [6.07, 6.45) is 4.53. The number of nitrogens with one attached hydrogen (secondary N) is 1. The van der Waals surface area contributed by atoms with Gasteiger partial charge in [0.1, 0.15) is 0 Å². The predicted octanol–water partition coefficient (Wildman–Crippen LogP) is 1.88. The fraction of sp³-hybridized carbons (Fsp3) is 0.250. The van der Waals surface area contributed by atoms with Crippen LogP contribution in [-0.2, 0) is 6.54 Å². The van der Waals surface area contributed by atoms with Crippen LogP contribution in [0.15, 0.2) is 36.7 Å². The van der Waals surface area contributed by atoms with E-state index in [0.29, 0.717) is 11.4 Å². The van der Waals surface area contributed by atoms with Gasteiger partial charge in [-0.15, -0.1) is 0 Å². The lowest BCUT2D eigenvalue weighted by Gasteiger charge is -2.09. The maximum Gasteiger partial charge on any atom is 0.271 e. The van der Waals surface area contributed by atoms with Gasteiger partial charge in [0.15, 0.2) is 0 Å². The molecule has 0 aliphatic carbocycles. The van der Waals surface area contributed by atoms with Crippen molar-refractivity contribution in [3.05, 3.63) is 46.8 Å². The van der Waals surface area contributed by atoms with Crippen LogP contribution < -0.4 is 11.1 Å². The summed E-state index contributed by atoms with van der Waals surface area (Å²) < 4.78 is 1.85. The van der Waals surface area contributed by atoms with E-state index >= 15 is 0 Å². The highest BCUT2D eigenvalue weighted by Crippen LogP contribution is 2.23. The summed E-state index contributed by atoms with van der Waals surface area (Å²) in [5.74, 6) is 0. The first-order chi connectivity index (χ1) is 9.16. The van der Waals surface area contributed by atoms with Gasteiger partial charge in [-0.25, -0.2) is 0 Å². The third-order valence-electron chi connectivity index (χ3n) is 2.68. The van der Waals surface area contributed by atoms with Gasteiger partial charge in [-0.2, -0.15) is 5.10 Å². The zero-order valence-corrected chi connectivity index (χ0v) is 10.3. The molecule has 0 atom stereocenters. The summed E-state index contributed by atoms with van der Waals surface area (Å²) in [6, 6.07) is 6.30. The molecule has 0 fully saturated rings. The molecule has 2 aromatic rings. The average molecular weight is 261 g/mol. The van der Waals surface area contributed by atoms with Crippen LogP contribution in [0.3, 0.4) is 0 Å². The van der Waals surface area contributed by atoms with Gasteiger partial charge in [-0.3, -0.25) is 14.8 Å². The largest absolute Gasteiger partial charge is 0.397 e. The number of rotatable bonds is 6. The monoisotopic (exact) mass is 261 g/mol. The highest BCUT2D eigenvalue weighted by Gasteiger charge is 2.07. The van der Waals surface area contributed by atoms with E-state index < -0.39 is 4.92 Å². The second-order valence-electron chi connectivity index (χ2n) is 4.08. The lowest BCUT2D eigenvalue weighted by atomic mass is 10.2. The molecule has 0 spiro atoms. The standard InChI is InChI=1S/C12H15N5O2/c13-11-9-10(17(18)19)3-4-12(11)14-5-1-7-16-8-2-6-15-16/h2-4,6,8-9,14H,1,5,7,13H2. The molecule has 7 heteroatoms. The van der Waals surface area contributed by atoms with Gasteiger partial charge >= 0.3 is 0 Å². The second-order valence-corrected chi connectivity index (χ2v) is 4.08. The van der Waals surface area contributed by atoms with Crippen LogP contribution >= 0.6 is 0 Å². The third kappa shape index (κ3) is 3.44. The lowest BCUT2D eigenvalue weighted by molar-refractivity contribution is -0.384. The molecule has 0 aliphatic rings. The minimum absolute atomic E-state index is 0.000379. The minimum Gasteiger partial charge on any atom is -0.397 e. The lowest BCUT2D eigenvalue weighted by Crippen LogP contribution is -2.08. The molecule has 0 saturated heterocycles. The van der Waals surface area contributed by atoms with Crippen molar-refractivity contribution in [3.8, 4) is 0 Å². The van der Waals surface area contributed by atoms with Gasteiger partial charge in [0.05, 0.1) is 16.3 Å². The molecule has 0 bridgehead atoms. The van der Waals surface area contributed by atoms with Gasteiger partial charge in [0, 0.05) is 37.6 Å². The molecule has 100 valence electrons. The number of nitrogens with zero attached hydrogens (tertiary/aromatic N) is 3. The van der Waals surface area contributed by atoms with Crippen molar-refractivity contribution in [2.24, 2.45) is 0 Å². The number of nitro groups is 1. The molecule has 1 aromatic heterocycles. The number of benzene rings is 1. The van der Waals surface area contributed by atoms with E-state index in [4.69, 9.17) is 5.73 Å². The van der Waals surface area contributed by atoms with Crippen LogP contribution in [0.4, 0.5) is 17.1 Å². The summed E-state index contributed by atoms with van der Waals surface area (Å²) in [6.45, 7) is 1.54. The summed E-state index contributed by atoms with van der Waals surface area (Å²) in [7, 11) is 0. The molecule has 2 rings (SSSR count). The zero-order valence-electron chi connectivity index (χ0n) is 10.3. The average Bonchev–Trinajstić information content (AvgIpc) is 2.89. The van der Waals surface area contributed by atoms with E-state index in [9.17, 15) is 10.1 Å². The molecule has 7 nitrogen and oxygen atoms in total. The molecule has 1 heterocycles. The van der Waals surface area contributed by atoms with E-state index in [0.717, 1.165) is 19.5 Å². The van der Waals surface area contributed by atoms with Crippen molar-refractivity contribution in [3.63, 3.8) is 0 Å². The molecule has 0 unspecified atom stereocenters. The molecule has 0 saturated carbocycles. The van der Waals surface area contributed by atoms with Crippen LogP contribution in [0.25, 0.3) is 0 Å². The molecule has 19 heavy (non-hydrogen) atoms. The Morgan fingerprint density at radius 2 is 2.32 bits per heavy atom. The molecular formula is C12H15N5O2. The Morgan fingerprint density at radius 1 is 1.47 bits per heavy atom. The van der Waals surface area contributed by atoms with Gasteiger partial charge in [0.25, 0.3) is 5.69 Å². The summed E-state index contributed by atoms with van der Waals surface area (Å²) in [5, 5.41) is 17.8. The van der Waals surface area contributed by atoms with Crippen LogP contribution in [0.1, 0.15) is 6.42 Å². The third-order valence-corrected chi connectivity index (χ3v) is 2.68. The molecular weight excluding hydrogens is 246 g/mol. The SMILES string of the molecule is Nc1cc([N+](=O)[O-])ccc1NCCCn1cccn1. The van der Waals surface area contributed by atoms with Gasteiger partial charge in [-0.05, 0) is 18.6 Å². The van der Waals surface area contributed by atoms with Crippen molar-refractivity contribution in [2.75, 3.05) is 17.6 Å². The Hall–Kier alpha value is -2.57. The fourth-order valence-electron chi connectivity index (χ4n) is 1.72. The number of aromatic nitrogens is 2. The van der Waals surface area contributed by atoms with E-state index in [1.807, 2.05) is 16.9 Å². The van der Waals surface area contributed by atoms with Gasteiger partial charge in [-0.1, -0.05) is 0 Å². The second kappa shape index (κ2) is 5.85. The Labute approximate surface area is 110 Å². The van der Waals surface area contributed by atoms with E-state index in [1.165, 1.54) is 12.1 Å². The minimum atomic E-state index is -0.460. The van der Waals surface area contributed by atoms with Gasteiger partial charge < -0.3 is 11.1 Å². The first-order valence-corrected chi connectivity index (χ1v) is 5.92. The highest BCUT2D eigenvalue weighted by atomic mass is 16.6. The number of nitrogen functional groups attached to an aromatic ring is 1. The number of non-ortho nitro benzene ring substituents is 1. The first kappa shape index (κ1) is 12.9. The number of nitro benzene ring substituents is 1. The normalized spacial score (nSPS) is 10.3.